The molecular weight excluding hydrogens is 285 g/mol. The van der Waals surface area contributed by atoms with Gasteiger partial charge < -0.3 is 9.84 Å². The van der Waals surface area contributed by atoms with Crippen molar-refractivity contribution in [3.63, 3.8) is 0 Å². The summed E-state index contributed by atoms with van der Waals surface area (Å²) in [5, 5.41) is 8.99. The molecule has 0 amide bonds. The molecule has 0 saturated carbocycles. The van der Waals surface area contributed by atoms with Crippen molar-refractivity contribution in [3.05, 3.63) is 29.6 Å². The summed E-state index contributed by atoms with van der Waals surface area (Å²) in [7, 11) is -3.75. The topological polar surface area (TPSA) is 75.6 Å². The molecule has 2 rings (SSSR count). The summed E-state index contributed by atoms with van der Waals surface area (Å²) < 4.78 is 45.6. The standard InChI is InChI=1S/C13H18FNO4S/c1-9(13-3-2-6-19-13)15-20(17,18)11-4-5-12(14)10(7-11)8-16/h4-5,7,9,13,15-16H,2-3,6,8H2,1H3. The van der Waals surface area contributed by atoms with Crippen molar-refractivity contribution in [2.45, 2.75) is 43.4 Å². The van der Waals surface area contributed by atoms with E-state index in [1.54, 1.807) is 6.92 Å². The van der Waals surface area contributed by atoms with E-state index in [-0.39, 0.29) is 22.6 Å². The summed E-state index contributed by atoms with van der Waals surface area (Å²) in [6, 6.07) is 3.00. The third-order valence-electron chi connectivity index (χ3n) is 3.36. The Labute approximate surface area is 117 Å². The largest absolute Gasteiger partial charge is 0.392 e. The van der Waals surface area contributed by atoms with E-state index >= 15 is 0 Å². The van der Waals surface area contributed by atoms with Crippen molar-refractivity contribution in [3.8, 4) is 0 Å². The predicted molar refractivity (Wildman–Crippen MR) is 71.1 cm³/mol. The molecule has 1 fully saturated rings. The Morgan fingerprint density at radius 2 is 2.30 bits per heavy atom. The molecule has 1 heterocycles. The average Bonchev–Trinajstić information content (AvgIpc) is 2.92. The number of halogens is 1. The second-order valence-electron chi connectivity index (χ2n) is 4.87. The molecule has 5 nitrogen and oxygen atoms in total. The van der Waals surface area contributed by atoms with Gasteiger partial charge in [-0.05, 0) is 38.0 Å². The molecular formula is C13H18FNO4S. The Kier molecular flexibility index (Phi) is 4.74. The fourth-order valence-electron chi connectivity index (χ4n) is 2.22. The molecule has 0 spiro atoms. The normalized spacial score (nSPS) is 21.1. The van der Waals surface area contributed by atoms with Crippen LogP contribution in [-0.4, -0.2) is 32.3 Å². The zero-order chi connectivity index (χ0) is 14.8. The molecule has 2 unspecified atom stereocenters. The molecule has 112 valence electrons. The molecule has 1 saturated heterocycles. The van der Waals surface area contributed by atoms with Crippen molar-refractivity contribution < 1.29 is 22.7 Å². The van der Waals surface area contributed by atoms with Gasteiger partial charge in [-0.2, -0.15) is 0 Å². The number of benzene rings is 1. The molecule has 2 N–H and O–H groups in total. The van der Waals surface area contributed by atoms with Crippen molar-refractivity contribution in [1.82, 2.24) is 4.72 Å². The first-order valence-corrected chi connectivity index (χ1v) is 7.95. The van der Waals surface area contributed by atoms with E-state index < -0.39 is 22.4 Å². The highest BCUT2D eigenvalue weighted by atomic mass is 32.2. The van der Waals surface area contributed by atoms with E-state index in [0.717, 1.165) is 25.0 Å². The number of rotatable bonds is 5. The van der Waals surface area contributed by atoms with Crippen LogP contribution in [0.3, 0.4) is 0 Å². The second-order valence-corrected chi connectivity index (χ2v) is 6.59. The first-order valence-electron chi connectivity index (χ1n) is 6.47. The van der Waals surface area contributed by atoms with Gasteiger partial charge in [-0.1, -0.05) is 0 Å². The van der Waals surface area contributed by atoms with Gasteiger partial charge in [0, 0.05) is 18.2 Å². The molecule has 1 aromatic carbocycles. The van der Waals surface area contributed by atoms with Crippen LogP contribution in [-0.2, 0) is 21.4 Å². The smallest absolute Gasteiger partial charge is 0.240 e. The van der Waals surface area contributed by atoms with E-state index in [4.69, 9.17) is 9.84 Å². The van der Waals surface area contributed by atoms with Crippen LogP contribution in [0.5, 0.6) is 0 Å². The van der Waals surface area contributed by atoms with Gasteiger partial charge in [-0.25, -0.2) is 17.5 Å². The van der Waals surface area contributed by atoms with Crippen LogP contribution in [0.25, 0.3) is 0 Å². The fraction of sp³-hybridized carbons (Fsp3) is 0.538. The predicted octanol–water partition coefficient (Wildman–Crippen LogP) is 1.16. The maximum Gasteiger partial charge on any atom is 0.240 e. The Balaban J connectivity index is 2.17. The molecule has 2 atom stereocenters. The molecule has 1 aliphatic rings. The number of ether oxygens (including phenoxy) is 1. The minimum atomic E-state index is -3.75. The number of sulfonamides is 1. The SMILES string of the molecule is CC(NS(=O)(=O)c1ccc(F)c(CO)c1)C1CCCO1. The maximum absolute atomic E-state index is 13.3. The Hall–Kier alpha value is -1.02. The van der Waals surface area contributed by atoms with Crippen LogP contribution in [0.15, 0.2) is 23.1 Å². The third-order valence-corrected chi connectivity index (χ3v) is 4.92. The summed E-state index contributed by atoms with van der Waals surface area (Å²) in [6.45, 7) is 1.84. The van der Waals surface area contributed by atoms with Gasteiger partial charge in [-0.15, -0.1) is 0 Å². The van der Waals surface area contributed by atoms with Gasteiger partial charge in [0.1, 0.15) is 5.82 Å². The van der Waals surface area contributed by atoms with Gasteiger partial charge in [-0.3, -0.25) is 0 Å². The van der Waals surface area contributed by atoms with Crippen LogP contribution in [0.2, 0.25) is 0 Å². The highest BCUT2D eigenvalue weighted by Crippen LogP contribution is 2.19. The van der Waals surface area contributed by atoms with E-state index in [9.17, 15) is 12.8 Å². The molecule has 0 aromatic heterocycles. The first kappa shape index (κ1) is 15.4. The van der Waals surface area contributed by atoms with Crippen molar-refractivity contribution in [1.29, 1.82) is 0 Å². The number of aliphatic hydroxyl groups excluding tert-OH is 1. The van der Waals surface area contributed by atoms with Crippen LogP contribution in [0.4, 0.5) is 4.39 Å². The Morgan fingerprint density at radius 3 is 2.90 bits per heavy atom. The third kappa shape index (κ3) is 3.35. The van der Waals surface area contributed by atoms with Crippen molar-refractivity contribution in [2.24, 2.45) is 0 Å². The second kappa shape index (κ2) is 6.17. The molecule has 0 radical (unpaired) electrons. The van der Waals surface area contributed by atoms with Crippen LogP contribution >= 0.6 is 0 Å². The van der Waals surface area contributed by atoms with Crippen molar-refractivity contribution >= 4 is 10.0 Å². The molecule has 0 aliphatic carbocycles. The zero-order valence-corrected chi connectivity index (χ0v) is 12.0. The summed E-state index contributed by atoms with van der Waals surface area (Å²) in [6.07, 6.45) is 1.60. The number of nitrogens with one attached hydrogen (secondary N) is 1. The lowest BCUT2D eigenvalue weighted by Crippen LogP contribution is -2.40. The molecule has 20 heavy (non-hydrogen) atoms. The van der Waals surface area contributed by atoms with Gasteiger partial charge in [0.25, 0.3) is 0 Å². The van der Waals surface area contributed by atoms with E-state index in [0.29, 0.717) is 6.61 Å². The van der Waals surface area contributed by atoms with Gasteiger partial charge >= 0.3 is 0 Å². The highest BCUT2D eigenvalue weighted by Gasteiger charge is 2.27. The summed E-state index contributed by atoms with van der Waals surface area (Å²) in [5.74, 6) is -0.626. The van der Waals surface area contributed by atoms with Gasteiger partial charge in [0.05, 0.1) is 17.6 Å². The highest BCUT2D eigenvalue weighted by molar-refractivity contribution is 7.89. The molecule has 1 aromatic rings. The Morgan fingerprint density at radius 1 is 1.55 bits per heavy atom. The van der Waals surface area contributed by atoms with E-state index in [1.165, 1.54) is 6.07 Å². The quantitative estimate of drug-likeness (QED) is 0.856. The van der Waals surface area contributed by atoms with Crippen LogP contribution in [0.1, 0.15) is 25.3 Å². The summed E-state index contributed by atoms with van der Waals surface area (Å²) in [5.41, 5.74) is -0.0438. The summed E-state index contributed by atoms with van der Waals surface area (Å²) >= 11 is 0. The monoisotopic (exact) mass is 303 g/mol. The number of hydrogen-bond donors (Lipinski definition) is 2. The minimum absolute atomic E-state index is 0.0438. The number of hydrogen-bond acceptors (Lipinski definition) is 4. The lowest BCUT2D eigenvalue weighted by molar-refractivity contribution is 0.0902. The zero-order valence-electron chi connectivity index (χ0n) is 11.2. The maximum atomic E-state index is 13.3. The van der Waals surface area contributed by atoms with E-state index in [2.05, 4.69) is 4.72 Å². The lowest BCUT2D eigenvalue weighted by Gasteiger charge is -2.20. The first-order chi connectivity index (χ1) is 9.44. The molecule has 1 aliphatic heterocycles. The Bertz CT molecular complexity index is 570. The van der Waals surface area contributed by atoms with Crippen molar-refractivity contribution in [2.75, 3.05) is 6.61 Å². The average molecular weight is 303 g/mol. The van der Waals surface area contributed by atoms with Crippen LogP contribution in [0, 0.1) is 5.82 Å². The van der Waals surface area contributed by atoms with Gasteiger partial charge in [0.15, 0.2) is 0 Å². The van der Waals surface area contributed by atoms with E-state index in [1.807, 2.05) is 0 Å². The lowest BCUT2D eigenvalue weighted by atomic mass is 10.1. The van der Waals surface area contributed by atoms with Crippen LogP contribution < -0.4 is 4.72 Å². The number of aliphatic hydroxyl groups is 1. The summed E-state index contributed by atoms with van der Waals surface area (Å²) in [4.78, 5) is -0.0622. The molecule has 0 bridgehead atoms. The van der Waals surface area contributed by atoms with Gasteiger partial charge in [0.2, 0.25) is 10.0 Å². The fourth-order valence-corrected chi connectivity index (χ4v) is 3.55. The minimum Gasteiger partial charge on any atom is -0.392 e. The molecule has 7 heteroatoms.